The summed E-state index contributed by atoms with van der Waals surface area (Å²) in [6, 6.07) is 14.5. The summed E-state index contributed by atoms with van der Waals surface area (Å²) in [6.45, 7) is 1.62. The van der Waals surface area contributed by atoms with Crippen molar-refractivity contribution in [1.82, 2.24) is 5.32 Å². The van der Waals surface area contributed by atoms with Crippen LogP contribution in [0.5, 0.6) is 0 Å². The van der Waals surface area contributed by atoms with Crippen LogP contribution in [-0.2, 0) is 4.79 Å². The number of carbonyl (C=O) groups excluding carboxylic acids is 3. The fraction of sp³-hybridized carbons (Fsp3) is 0.192. The molecule has 2 aromatic carbocycles. The molecule has 188 valence electrons. The highest BCUT2D eigenvalue weighted by atomic mass is 35.5. The van der Waals surface area contributed by atoms with Gasteiger partial charge in [0.05, 0.1) is 10.6 Å². The van der Waals surface area contributed by atoms with Gasteiger partial charge in [-0.1, -0.05) is 18.2 Å². The first kappa shape index (κ1) is 27.0. The van der Waals surface area contributed by atoms with Gasteiger partial charge in [0, 0.05) is 48.5 Å². The molecule has 6 nitrogen and oxygen atoms in total. The molecule has 4 rings (SSSR count). The van der Waals surface area contributed by atoms with Gasteiger partial charge in [-0.3, -0.25) is 14.4 Å². The average molecular weight is 532 g/mol. The van der Waals surface area contributed by atoms with Crippen LogP contribution in [-0.4, -0.2) is 37.2 Å². The fourth-order valence-electron chi connectivity index (χ4n) is 3.88. The molecule has 0 saturated carbocycles. The smallest absolute Gasteiger partial charge is 0.275 e. The Bertz CT molecular complexity index is 1320. The summed E-state index contributed by atoms with van der Waals surface area (Å²) >= 11 is 1.34. The van der Waals surface area contributed by atoms with E-state index in [2.05, 4.69) is 10.6 Å². The molecule has 10 heteroatoms. The van der Waals surface area contributed by atoms with Gasteiger partial charge in [0.25, 0.3) is 17.7 Å². The number of halogens is 3. The fourth-order valence-corrected chi connectivity index (χ4v) is 4.70. The first-order chi connectivity index (χ1) is 16.7. The number of thiophene rings is 1. The van der Waals surface area contributed by atoms with Crippen LogP contribution < -0.4 is 15.5 Å². The maximum Gasteiger partial charge on any atom is 0.275 e. The summed E-state index contributed by atoms with van der Waals surface area (Å²) in [5, 5.41) is 6.97. The molecule has 0 aliphatic carbocycles. The lowest BCUT2D eigenvalue weighted by atomic mass is 9.97. The summed E-state index contributed by atoms with van der Waals surface area (Å²) in [7, 11) is 1.36. The molecule has 36 heavy (non-hydrogen) atoms. The third kappa shape index (κ3) is 5.47. The first-order valence-corrected chi connectivity index (χ1v) is 11.8. The van der Waals surface area contributed by atoms with Crippen LogP contribution in [0.3, 0.4) is 0 Å². The predicted octanol–water partition coefficient (Wildman–Crippen LogP) is 5.55. The Labute approximate surface area is 217 Å². The van der Waals surface area contributed by atoms with Gasteiger partial charge >= 0.3 is 0 Å². The van der Waals surface area contributed by atoms with E-state index in [1.165, 1.54) is 29.4 Å². The van der Waals surface area contributed by atoms with E-state index in [9.17, 15) is 14.4 Å². The SMILES string of the molecule is CNC(=O)/C=C1/c2ccccc2N(C(=O)c2ccc(NC(=O)c3sccc3C)cc2)CCC1(F)F.Cl. The van der Waals surface area contributed by atoms with Crippen LogP contribution in [0, 0.1) is 6.92 Å². The minimum absolute atomic E-state index is 0. The van der Waals surface area contributed by atoms with Gasteiger partial charge < -0.3 is 15.5 Å². The molecule has 3 aromatic rings. The number of fused-ring (bicyclic) bond motifs is 1. The molecule has 2 N–H and O–H groups in total. The van der Waals surface area contributed by atoms with E-state index in [0.717, 1.165) is 11.6 Å². The Morgan fingerprint density at radius 1 is 1.06 bits per heavy atom. The number of anilines is 2. The van der Waals surface area contributed by atoms with Crippen molar-refractivity contribution in [3.05, 3.63) is 87.6 Å². The number of hydrogen-bond acceptors (Lipinski definition) is 4. The van der Waals surface area contributed by atoms with Crippen molar-refractivity contribution in [2.75, 3.05) is 23.8 Å². The number of para-hydroxylation sites is 1. The highest BCUT2D eigenvalue weighted by Gasteiger charge is 2.41. The molecule has 2 heterocycles. The number of amides is 3. The number of nitrogens with zero attached hydrogens (tertiary/aromatic N) is 1. The van der Waals surface area contributed by atoms with Crippen LogP contribution in [0.1, 0.15) is 37.6 Å². The number of rotatable bonds is 4. The number of likely N-dealkylation sites (N-methyl/N-ethyl adjacent to an activating group) is 1. The summed E-state index contributed by atoms with van der Waals surface area (Å²) in [6.07, 6.45) is 0.254. The Hall–Kier alpha value is -3.56. The Morgan fingerprint density at radius 2 is 1.75 bits per heavy atom. The number of benzene rings is 2. The molecule has 0 bridgehead atoms. The van der Waals surface area contributed by atoms with Crippen molar-refractivity contribution in [3.63, 3.8) is 0 Å². The zero-order chi connectivity index (χ0) is 25.2. The molecule has 0 spiro atoms. The number of carbonyl (C=O) groups is 3. The second kappa shape index (κ2) is 11.0. The number of allylic oxidation sites excluding steroid dienone is 1. The summed E-state index contributed by atoms with van der Waals surface area (Å²) in [4.78, 5) is 39.6. The van der Waals surface area contributed by atoms with E-state index >= 15 is 8.78 Å². The topological polar surface area (TPSA) is 78.5 Å². The maximum absolute atomic E-state index is 15.0. The van der Waals surface area contributed by atoms with Gasteiger partial charge in [-0.25, -0.2) is 8.78 Å². The third-order valence-electron chi connectivity index (χ3n) is 5.75. The number of alkyl halides is 2. The van der Waals surface area contributed by atoms with Gasteiger partial charge in [-0.05, 0) is 54.3 Å². The zero-order valence-electron chi connectivity index (χ0n) is 19.5. The Kier molecular flexibility index (Phi) is 8.27. The molecule has 1 aliphatic rings. The monoisotopic (exact) mass is 531 g/mol. The summed E-state index contributed by atoms with van der Waals surface area (Å²) in [5.41, 5.74) is 1.67. The molecule has 3 amide bonds. The van der Waals surface area contributed by atoms with Gasteiger partial charge in [0.2, 0.25) is 5.91 Å². The second-order valence-electron chi connectivity index (χ2n) is 8.06. The molecule has 1 aliphatic heterocycles. The van der Waals surface area contributed by atoms with E-state index in [0.29, 0.717) is 16.3 Å². The van der Waals surface area contributed by atoms with Gasteiger partial charge in [-0.15, -0.1) is 23.7 Å². The van der Waals surface area contributed by atoms with Crippen molar-refractivity contribution < 1.29 is 23.2 Å². The van der Waals surface area contributed by atoms with Crippen molar-refractivity contribution in [2.24, 2.45) is 0 Å². The highest BCUT2D eigenvalue weighted by Crippen LogP contribution is 2.43. The standard InChI is InChI=1S/C26H23F2N3O3S.ClH/c1-16-11-14-35-23(16)24(33)30-18-9-7-17(8-10-18)25(34)31-13-12-26(27,28)20(15-22(32)29-2)19-5-3-4-6-21(19)31;/h3-11,14-15H,12-13H2,1-2H3,(H,29,32)(H,30,33);1H/b20-15-;. The van der Waals surface area contributed by atoms with Gasteiger partial charge in [-0.2, -0.15) is 0 Å². The van der Waals surface area contributed by atoms with E-state index in [1.54, 1.807) is 42.5 Å². The molecule has 0 atom stereocenters. The molecular formula is C26H24ClF2N3O3S. The van der Waals surface area contributed by atoms with Crippen LogP contribution in [0.4, 0.5) is 20.2 Å². The average Bonchev–Trinajstić information content (AvgIpc) is 3.24. The van der Waals surface area contributed by atoms with Crippen LogP contribution >= 0.6 is 23.7 Å². The van der Waals surface area contributed by atoms with Gasteiger partial charge in [0.1, 0.15) is 0 Å². The molecule has 0 saturated heterocycles. The highest BCUT2D eigenvalue weighted by molar-refractivity contribution is 7.12. The van der Waals surface area contributed by atoms with Crippen LogP contribution in [0.25, 0.3) is 5.57 Å². The van der Waals surface area contributed by atoms with E-state index in [4.69, 9.17) is 0 Å². The lowest BCUT2D eigenvalue weighted by Crippen LogP contribution is -2.33. The second-order valence-corrected chi connectivity index (χ2v) is 8.98. The number of nitrogens with one attached hydrogen (secondary N) is 2. The van der Waals surface area contributed by atoms with Gasteiger partial charge in [0.15, 0.2) is 0 Å². The predicted molar refractivity (Wildman–Crippen MR) is 140 cm³/mol. The Balaban J connectivity index is 0.00000361. The number of hydrogen-bond donors (Lipinski definition) is 2. The first-order valence-electron chi connectivity index (χ1n) is 10.9. The number of aryl methyl sites for hydroxylation is 1. The largest absolute Gasteiger partial charge is 0.356 e. The molecule has 1 aromatic heterocycles. The summed E-state index contributed by atoms with van der Waals surface area (Å²) in [5.74, 6) is -4.65. The van der Waals surface area contributed by atoms with Crippen molar-refractivity contribution in [2.45, 2.75) is 19.3 Å². The van der Waals surface area contributed by atoms with Crippen LogP contribution in [0.15, 0.2) is 66.1 Å². The van der Waals surface area contributed by atoms with E-state index in [1.807, 2.05) is 18.4 Å². The van der Waals surface area contributed by atoms with E-state index in [-0.39, 0.29) is 36.0 Å². The molecule has 0 fully saturated rings. The third-order valence-corrected chi connectivity index (χ3v) is 6.77. The molecular weight excluding hydrogens is 508 g/mol. The molecule has 0 unspecified atom stereocenters. The quantitative estimate of drug-likeness (QED) is 0.433. The Morgan fingerprint density at radius 3 is 2.39 bits per heavy atom. The van der Waals surface area contributed by atoms with Crippen molar-refractivity contribution in [1.29, 1.82) is 0 Å². The van der Waals surface area contributed by atoms with Crippen molar-refractivity contribution in [3.8, 4) is 0 Å². The lowest BCUT2D eigenvalue weighted by Gasteiger charge is -2.23. The summed E-state index contributed by atoms with van der Waals surface area (Å²) < 4.78 is 30.1. The maximum atomic E-state index is 15.0. The van der Waals surface area contributed by atoms with Crippen molar-refractivity contribution >= 4 is 58.4 Å². The lowest BCUT2D eigenvalue weighted by molar-refractivity contribution is -0.116. The normalized spacial score (nSPS) is 15.3. The molecule has 0 radical (unpaired) electrons. The van der Waals surface area contributed by atoms with Crippen LogP contribution in [0.2, 0.25) is 0 Å². The van der Waals surface area contributed by atoms with E-state index < -0.39 is 29.7 Å². The minimum atomic E-state index is -3.30. The minimum Gasteiger partial charge on any atom is -0.356 e. The zero-order valence-corrected chi connectivity index (χ0v) is 21.1.